The van der Waals surface area contributed by atoms with Gasteiger partial charge in [-0.3, -0.25) is 4.79 Å². The summed E-state index contributed by atoms with van der Waals surface area (Å²) in [4.78, 5) is 12.9. The summed E-state index contributed by atoms with van der Waals surface area (Å²) in [6, 6.07) is 14.5. The number of aliphatic hydroxyl groups excluding tert-OH is 1. The Morgan fingerprint density at radius 3 is 2.74 bits per heavy atom. The van der Waals surface area contributed by atoms with Crippen molar-refractivity contribution in [1.82, 2.24) is 5.32 Å². The smallest absolute Gasteiger partial charge is 0.251 e. The van der Waals surface area contributed by atoms with Gasteiger partial charge < -0.3 is 15.5 Å². The van der Waals surface area contributed by atoms with Crippen LogP contribution in [0.25, 0.3) is 10.1 Å². The molecule has 1 atom stereocenters. The molecule has 1 heterocycles. The molecule has 1 aromatic heterocycles. The Bertz CT molecular complexity index is 803. The summed E-state index contributed by atoms with van der Waals surface area (Å²) in [7, 11) is 0. The summed E-state index contributed by atoms with van der Waals surface area (Å²) in [5, 5.41) is 23.6. The molecule has 0 spiro atoms. The van der Waals surface area contributed by atoms with Crippen LogP contribution in [0.15, 0.2) is 48.5 Å². The van der Waals surface area contributed by atoms with Crippen LogP contribution in [0.4, 0.5) is 0 Å². The molecule has 0 radical (unpaired) electrons. The first kappa shape index (κ1) is 15.5. The van der Waals surface area contributed by atoms with Crippen LogP contribution in [-0.2, 0) is 0 Å². The van der Waals surface area contributed by atoms with Crippen LogP contribution in [0.2, 0.25) is 0 Å². The van der Waals surface area contributed by atoms with Gasteiger partial charge in [0.2, 0.25) is 0 Å². The van der Waals surface area contributed by atoms with Crippen LogP contribution >= 0.6 is 11.3 Å². The third-order valence-electron chi connectivity index (χ3n) is 3.55. The highest BCUT2D eigenvalue weighted by Crippen LogP contribution is 2.29. The van der Waals surface area contributed by atoms with E-state index in [0.29, 0.717) is 5.56 Å². The van der Waals surface area contributed by atoms with Crippen molar-refractivity contribution >= 4 is 27.3 Å². The molecule has 1 unspecified atom stereocenters. The predicted molar refractivity (Wildman–Crippen MR) is 92.0 cm³/mol. The van der Waals surface area contributed by atoms with Gasteiger partial charge in [0.15, 0.2) is 0 Å². The maximum atomic E-state index is 12.1. The third-order valence-corrected chi connectivity index (χ3v) is 4.77. The van der Waals surface area contributed by atoms with Gasteiger partial charge in [0.25, 0.3) is 5.91 Å². The summed E-state index contributed by atoms with van der Waals surface area (Å²) in [5.41, 5.74) is 1.19. The molecule has 23 heavy (non-hydrogen) atoms. The van der Waals surface area contributed by atoms with E-state index in [9.17, 15) is 15.0 Å². The number of hydrogen-bond acceptors (Lipinski definition) is 4. The van der Waals surface area contributed by atoms with E-state index in [1.807, 2.05) is 37.3 Å². The number of fused-ring (bicyclic) bond motifs is 1. The number of rotatable bonds is 4. The van der Waals surface area contributed by atoms with Crippen molar-refractivity contribution in [2.24, 2.45) is 0 Å². The second kappa shape index (κ2) is 6.40. The number of phenols is 1. The van der Waals surface area contributed by atoms with Crippen molar-refractivity contribution in [2.75, 3.05) is 6.54 Å². The van der Waals surface area contributed by atoms with Gasteiger partial charge in [0.05, 0.1) is 0 Å². The number of amides is 1. The number of aromatic hydroxyl groups is 1. The van der Waals surface area contributed by atoms with Crippen molar-refractivity contribution in [3.8, 4) is 5.75 Å². The molecule has 3 N–H and O–H groups in total. The molecule has 0 saturated heterocycles. The van der Waals surface area contributed by atoms with Crippen LogP contribution in [0, 0.1) is 6.92 Å². The lowest BCUT2D eigenvalue weighted by atomic mass is 10.1. The average molecular weight is 327 g/mol. The second-order valence-electron chi connectivity index (χ2n) is 5.47. The largest absolute Gasteiger partial charge is 0.508 e. The number of hydrogen-bond donors (Lipinski definition) is 3. The van der Waals surface area contributed by atoms with Gasteiger partial charge in [-0.1, -0.05) is 18.2 Å². The molecule has 2 aromatic carbocycles. The van der Waals surface area contributed by atoms with Crippen molar-refractivity contribution < 1.29 is 15.0 Å². The first-order chi connectivity index (χ1) is 11.0. The van der Waals surface area contributed by atoms with E-state index >= 15 is 0 Å². The van der Waals surface area contributed by atoms with Crippen LogP contribution in [0.5, 0.6) is 5.75 Å². The van der Waals surface area contributed by atoms with E-state index in [-0.39, 0.29) is 18.2 Å². The maximum absolute atomic E-state index is 12.1. The number of aryl methyl sites for hydroxylation is 1. The van der Waals surface area contributed by atoms with E-state index in [4.69, 9.17) is 0 Å². The Hall–Kier alpha value is -2.37. The lowest BCUT2D eigenvalue weighted by Gasteiger charge is -2.11. The van der Waals surface area contributed by atoms with Gasteiger partial charge in [0, 0.05) is 21.7 Å². The fourth-order valence-electron chi connectivity index (χ4n) is 2.45. The number of aliphatic hydroxyl groups is 1. The zero-order valence-electron chi connectivity index (χ0n) is 12.6. The van der Waals surface area contributed by atoms with Crippen LogP contribution in [-0.4, -0.2) is 22.7 Å². The molecule has 4 nitrogen and oxygen atoms in total. The Kier molecular flexibility index (Phi) is 4.32. The fraction of sp³-hybridized carbons (Fsp3) is 0.167. The first-order valence-corrected chi connectivity index (χ1v) is 8.10. The first-order valence-electron chi connectivity index (χ1n) is 7.28. The van der Waals surface area contributed by atoms with E-state index < -0.39 is 6.10 Å². The Morgan fingerprint density at radius 1 is 1.22 bits per heavy atom. The number of benzene rings is 2. The summed E-state index contributed by atoms with van der Waals surface area (Å²) < 4.78 is 1.11. The van der Waals surface area contributed by atoms with Gasteiger partial charge in [-0.25, -0.2) is 0 Å². The lowest BCUT2D eigenvalue weighted by Crippen LogP contribution is -2.28. The molecule has 3 aromatic rings. The molecule has 3 rings (SSSR count). The summed E-state index contributed by atoms with van der Waals surface area (Å²) in [6.07, 6.45) is -0.755. The zero-order valence-corrected chi connectivity index (χ0v) is 13.4. The zero-order chi connectivity index (χ0) is 16.4. The highest BCUT2D eigenvalue weighted by molar-refractivity contribution is 7.19. The maximum Gasteiger partial charge on any atom is 0.251 e. The van der Waals surface area contributed by atoms with Gasteiger partial charge in [-0.05, 0) is 48.2 Å². The highest BCUT2D eigenvalue weighted by Gasteiger charge is 2.14. The average Bonchev–Trinajstić information content (AvgIpc) is 2.95. The molecule has 118 valence electrons. The normalized spacial score (nSPS) is 12.3. The van der Waals surface area contributed by atoms with Crippen molar-refractivity contribution in [3.63, 3.8) is 0 Å². The highest BCUT2D eigenvalue weighted by atomic mass is 32.1. The molecule has 0 aliphatic heterocycles. The predicted octanol–water partition coefficient (Wildman–Crippen LogP) is 3.38. The molecule has 0 aliphatic carbocycles. The molecule has 0 bridgehead atoms. The van der Waals surface area contributed by atoms with Gasteiger partial charge >= 0.3 is 0 Å². The summed E-state index contributed by atoms with van der Waals surface area (Å²) >= 11 is 1.52. The van der Waals surface area contributed by atoms with Crippen molar-refractivity contribution in [2.45, 2.75) is 13.0 Å². The quantitative estimate of drug-likeness (QED) is 0.688. The molecular weight excluding hydrogens is 310 g/mol. The standard InChI is InChI=1S/C18H17NO3S/c1-11-6-13(8-14(20)7-11)18(22)19-10-15(21)17-9-12-4-2-3-5-16(12)23-17/h2-9,15,20-21H,10H2,1H3,(H,19,22). The molecular formula is C18H17NO3S. The van der Waals surface area contributed by atoms with Crippen LogP contribution in [0.1, 0.15) is 26.9 Å². The Labute approximate surface area is 138 Å². The van der Waals surface area contributed by atoms with Crippen molar-refractivity contribution in [1.29, 1.82) is 0 Å². The molecule has 0 fully saturated rings. The molecule has 0 aliphatic rings. The van der Waals surface area contributed by atoms with Crippen LogP contribution in [0.3, 0.4) is 0 Å². The van der Waals surface area contributed by atoms with E-state index in [2.05, 4.69) is 5.32 Å². The minimum Gasteiger partial charge on any atom is -0.508 e. The van der Waals surface area contributed by atoms with Gasteiger partial charge in [-0.2, -0.15) is 0 Å². The van der Waals surface area contributed by atoms with Crippen LogP contribution < -0.4 is 5.32 Å². The topological polar surface area (TPSA) is 69.6 Å². The number of carbonyl (C=O) groups is 1. The molecule has 1 amide bonds. The molecule has 5 heteroatoms. The number of nitrogens with one attached hydrogen (secondary N) is 1. The Balaban J connectivity index is 1.68. The third kappa shape index (κ3) is 3.52. The van der Waals surface area contributed by atoms with Crippen molar-refractivity contribution in [3.05, 3.63) is 64.5 Å². The fourth-order valence-corrected chi connectivity index (χ4v) is 3.50. The Morgan fingerprint density at radius 2 is 2.00 bits per heavy atom. The number of thiophene rings is 1. The number of carbonyl (C=O) groups excluding carboxylic acids is 1. The monoisotopic (exact) mass is 327 g/mol. The second-order valence-corrected chi connectivity index (χ2v) is 6.59. The van der Waals surface area contributed by atoms with E-state index in [1.54, 1.807) is 12.1 Å². The number of phenolic OH excluding ortho intramolecular Hbond substituents is 1. The van der Waals surface area contributed by atoms with E-state index in [0.717, 1.165) is 20.5 Å². The van der Waals surface area contributed by atoms with Gasteiger partial charge in [0.1, 0.15) is 11.9 Å². The minimum absolute atomic E-state index is 0.0557. The lowest BCUT2D eigenvalue weighted by molar-refractivity contribution is 0.0917. The summed E-state index contributed by atoms with van der Waals surface area (Å²) in [6.45, 7) is 1.93. The van der Waals surface area contributed by atoms with Gasteiger partial charge in [-0.15, -0.1) is 11.3 Å². The summed E-state index contributed by atoms with van der Waals surface area (Å²) in [5.74, 6) is -0.260. The molecule has 0 saturated carbocycles. The van der Waals surface area contributed by atoms with E-state index in [1.165, 1.54) is 17.4 Å². The minimum atomic E-state index is -0.755. The SMILES string of the molecule is Cc1cc(O)cc(C(=O)NCC(O)c2cc3ccccc3s2)c1.